The van der Waals surface area contributed by atoms with Crippen LogP contribution < -0.4 is 5.32 Å². The van der Waals surface area contributed by atoms with E-state index in [4.69, 9.17) is 0 Å². The van der Waals surface area contributed by atoms with Crippen LogP contribution in [0.4, 0.5) is 5.69 Å². The molecule has 106 valence electrons. The Labute approximate surface area is 123 Å². The first-order valence-electron chi connectivity index (χ1n) is 6.89. The fourth-order valence-corrected chi connectivity index (χ4v) is 2.38. The summed E-state index contributed by atoms with van der Waals surface area (Å²) in [6, 6.07) is 11.5. The number of nitrogens with zero attached hydrogens (tertiary/aromatic N) is 2. The quantitative estimate of drug-likeness (QED) is 0.769. The second kappa shape index (κ2) is 5.40. The predicted octanol–water partition coefficient (Wildman–Crippen LogP) is 3.56. The molecule has 0 aliphatic rings. The molecule has 0 bridgehead atoms. The minimum Gasteiger partial charge on any atom is -0.506 e. The van der Waals surface area contributed by atoms with E-state index in [0.717, 1.165) is 27.8 Å². The lowest BCUT2D eigenvalue weighted by Gasteiger charge is -2.11. The number of nitrogens with one attached hydrogen (secondary N) is 1. The van der Waals surface area contributed by atoms with Gasteiger partial charge in [0, 0.05) is 23.0 Å². The van der Waals surface area contributed by atoms with E-state index >= 15 is 0 Å². The Balaban J connectivity index is 1.92. The normalized spacial score (nSPS) is 10.8. The highest BCUT2D eigenvalue weighted by atomic mass is 16.3. The van der Waals surface area contributed by atoms with Crippen molar-refractivity contribution >= 4 is 16.6 Å². The van der Waals surface area contributed by atoms with Crippen molar-refractivity contribution in [3.05, 3.63) is 59.5 Å². The molecule has 2 N–H and O–H groups in total. The molecule has 0 unspecified atom stereocenters. The van der Waals surface area contributed by atoms with Crippen LogP contribution >= 0.6 is 0 Å². The zero-order valence-electron chi connectivity index (χ0n) is 12.1. The van der Waals surface area contributed by atoms with E-state index in [-0.39, 0.29) is 5.75 Å². The zero-order valence-corrected chi connectivity index (χ0v) is 12.1. The Bertz CT molecular complexity index is 799. The van der Waals surface area contributed by atoms with Crippen LogP contribution in [0.2, 0.25) is 0 Å². The van der Waals surface area contributed by atoms with Crippen molar-refractivity contribution in [2.24, 2.45) is 0 Å². The van der Waals surface area contributed by atoms with Crippen molar-refractivity contribution in [2.45, 2.75) is 20.4 Å². The second-order valence-corrected chi connectivity index (χ2v) is 5.10. The van der Waals surface area contributed by atoms with Gasteiger partial charge in [0.1, 0.15) is 11.4 Å². The molecule has 2 aromatic heterocycles. The van der Waals surface area contributed by atoms with Crippen LogP contribution in [-0.2, 0) is 6.54 Å². The third-order valence-corrected chi connectivity index (χ3v) is 3.51. The summed E-state index contributed by atoms with van der Waals surface area (Å²) in [6.07, 6.45) is 1.80. The molecule has 0 aliphatic heterocycles. The number of aromatic hydroxyl groups is 1. The van der Waals surface area contributed by atoms with Gasteiger partial charge in [-0.05, 0) is 49.7 Å². The number of aryl methyl sites for hydroxylation is 2. The predicted molar refractivity (Wildman–Crippen MR) is 84.4 cm³/mol. The summed E-state index contributed by atoms with van der Waals surface area (Å²) in [5, 5.41) is 14.3. The van der Waals surface area contributed by atoms with Crippen molar-refractivity contribution < 1.29 is 5.11 Å². The van der Waals surface area contributed by atoms with Crippen LogP contribution in [0.15, 0.2) is 42.6 Å². The topological polar surface area (TPSA) is 58.0 Å². The maximum Gasteiger partial charge on any atom is 0.138 e. The van der Waals surface area contributed by atoms with Gasteiger partial charge in [0.2, 0.25) is 0 Å². The van der Waals surface area contributed by atoms with Gasteiger partial charge >= 0.3 is 0 Å². The maximum atomic E-state index is 9.86. The molecular weight excluding hydrogens is 262 g/mol. The molecule has 0 aliphatic carbocycles. The lowest BCUT2D eigenvalue weighted by atomic mass is 10.1. The third-order valence-electron chi connectivity index (χ3n) is 3.51. The van der Waals surface area contributed by atoms with Gasteiger partial charge in [-0.2, -0.15) is 0 Å². The molecule has 0 atom stereocenters. The first-order valence-corrected chi connectivity index (χ1v) is 6.89. The SMILES string of the molecule is Cc1ccc(O)c(CNc2ccc(C)c3ncccc23)n1. The molecule has 21 heavy (non-hydrogen) atoms. The smallest absolute Gasteiger partial charge is 0.138 e. The molecule has 3 aromatic rings. The van der Waals surface area contributed by atoms with Crippen LogP contribution in [0.5, 0.6) is 5.75 Å². The number of benzene rings is 1. The van der Waals surface area contributed by atoms with Gasteiger partial charge < -0.3 is 10.4 Å². The van der Waals surface area contributed by atoms with Crippen LogP contribution in [0.1, 0.15) is 17.0 Å². The highest BCUT2D eigenvalue weighted by Gasteiger charge is 2.07. The summed E-state index contributed by atoms with van der Waals surface area (Å²) in [5.74, 6) is 0.211. The van der Waals surface area contributed by atoms with E-state index in [1.54, 1.807) is 18.3 Å². The summed E-state index contributed by atoms with van der Waals surface area (Å²) >= 11 is 0. The standard InChI is InChI=1S/C17H17N3O/c1-11-5-7-14(13-4-3-9-18-17(11)13)19-10-15-16(21)8-6-12(2)20-15/h3-9,19,21H,10H2,1-2H3. The fourth-order valence-electron chi connectivity index (χ4n) is 2.38. The number of aromatic nitrogens is 2. The second-order valence-electron chi connectivity index (χ2n) is 5.10. The maximum absolute atomic E-state index is 9.86. The first kappa shape index (κ1) is 13.4. The monoisotopic (exact) mass is 279 g/mol. The largest absolute Gasteiger partial charge is 0.506 e. The van der Waals surface area contributed by atoms with Crippen LogP contribution in [0.3, 0.4) is 0 Å². The van der Waals surface area contributed by atoms with Crippen molar-refractivity contribution in [1.29, 1.82) is 0 Å². The molecule has 3 rings (SSSR count). The van der Waals surface area contributed by atoms with E-state index in [0.29, 0.717) is 12.2 Å². The molecule has 2 heterocycles. The number of fused-ring (bicyclic) bond motifs is 1. The number of anilines is 1. The van der Waals surface area contributed by atoms with Crippen molar-refractivity contribution in [3.8, 4) is 5.75 Å². The Hall–Kier alpha value is -2.62. The van der Waals surface area contributed by atoms with Gasteiger partial charge in [0.25, 0.3) is 0 Å². The van der Waals surface area contributed by atoms with E-state index in [2.05, 4.69) is 15.3 Å². The summed E-state index contributed by atoms with van der Waals surface area (Å²) in [7, 11) is 0. The Morgan fingerprint density at radius 2 is 1.95 bits per heavy atom. The Kier molecular flexibility index (Phi) is 3.44. The lowest BCUT2D eigenvalue weighted by molar-refractivity contribution is 0.464. The van der Waals surface area contributed by atoms with E-state index < -0.39 is 0 Å². The molecule has 0 fully saturated rings. The first-order chi connectivity index (χ1) is 10.1. The molecule has 4 heteroatoms. The zero-order chi connectivity index (χ0) is 14.8. The van der Waals surface area contributed by atoms with Gasteiger partial charge in [0.15, 0.2) is 0 Å². The lowest BCUT2D eigenvalue weighted by Crippen LogP contribution is -2.03. The van der Waals surface area contributed by atoms with Crippen LogP contribution in [0, 0.1) is 13.8 Å². The number of rotatable bonds is 3. The van der Waals surface area contributed by atoms with Gasteiger partial charge in [-0.1, -0.05) is 6.07 Å². The number of hydrogen-bond donors (Lipinski definition) is 2. The molecule has 0 amide bonds. The van der Waals surface area contributed by atoms with Crippen molar-refractivity contribution in [3.63, 3.8) is 0 Å². The minimum atomic E-state index is 0.211. The van der Waals surface area contributed by atoms with E-state index in [9.17, 15) is 5.11 Å². The molecular formula is C17H17N3O. The summed E-state index contributed by atoms with van der Waals surface area (Å²) < 4.78 is 0. The minimum absolute atomic E-state index is 0.211. The van der Waals surface area contributed by atoms with E-state index in [1.165, 1.54) is 0 Å². The summed E-state index contributed by atoms with van der Waals surface area (Å²) in [4.78, 5) is 8.78. The average Bonchev–Trinajstić information content (AvgIpc) is 2.50. The average molecular weight is 279 g/mol. The van der Waals surface area contributed by atoms with Crippen LogP contribution in [0.25, 0.3) is 10.9 Å². The summed E-state index contributed by atoms with van der Waals surface area (Å²) in [6.45, 7) is 4.43. The summed E-state index contributed by atoms with van der Waals surface area (Å²) in [5.41, 5.74) is 4.66. The molecule has 1 aromatic carbocycles. The van der Waals surface area contributed by atoms with Crippen molar-refractivity contribution in [2.75, 3.05) is 5.32 Å². The van der Waals surface area contributed by atoms with Gasteiger partial charge in [-0.15, -0.1) is 0 Å². The molecule has 4 nitrogen and oxygen atoms in total. The fraction of sp³-hybridized carbons (Fsp3) is 0.176. The molecule has 0 radical (unpaired) electrons. The number of pyridine rings is 2. The van der Waals surface area contributed by atoms with Gasteiger partial charge in [-0.25, -0.2) is 0 Å². The highest BCUT2D eigenvalue weighted by Crippen LogP contribution is 2.25. The van der Waals surface area contributed by atoms with Gasteiger partial charge in [0.05, 0.1) is 12.1 Å². The molecule has 0 spiro atoms. The van der Waals surface area contributed by atoms with E-state index in [1.807, 2.05) is 38.1 Å². The Morgan fingerprint density at radius 1 is 1.10 bits per heavy atom. The number of hydrogen-bond acceptors (Lipinski definition) is 4. The molecule has 0 saturated carbocycles. The van der Waals surface area contributed by atoms with Crippen LogP contribution in [-0.4, -0.2) is 15.1 Å². The van der Waals surface area contributed by atoms with Crippen molar-refractivity contribution in [1.82, 2.24) is 9.97 Å². The highest BCUT2D eigenvalue weighted by molar-refractivity contribution is 5.93. The van der Waals surface area contributed by atoms with Gasteiger partial charge in [-0.3, -0.25) is 9.97 Å². The Morgan fingerprint density at radius 3 is 2.81 bits per heavy atom. The molecule has 0 saturated heterocycles. The third kappa shape index (κ3) is 2.65.